The largest absolute Gasteiger partial charge is 0.267 e. The maximum atomic E-state index is 10.7. The Bertz CT molecular complexity index is 265. The summed E-state index contributed by atoms with van der Waals surface area (Å²) in [5.41, 5.74) is 0.534. The van der Waals surface area contributed by atoms with Gasteiger partial charge >= 0.3 is 0 Å². The molecule has 0 aromatic carbocycles. The zero-order valence-electron chi connectivity index (χ0n) is 7.99. The molecule has 0 aliphatic heterocycles. The highest BCUT2D eigenvalue weighted by Gasteiger charge is 2.48. The van der Waals surface area contributed by atoms with Crippen LogP contribution in [0.15, 0.2) is 0 Å². The van der Waals surface area contributed by atoms with Crippen molar-refractivity contribution in [2.24, 2.45) is 0 Å². The van der Waals surface area contributed by atoms with E-state index in [-0.39, 0.29) is 6.10 Å². The Kier molecular flexibility index (Phi) is 2.40. The van der Waals surface area contributed by atoms with Crippen molar-refractivity contribution in [2.75, 3.05) is 6.26 Å². The summed E-state index contributed by atoms with van der Waals surface area (Å²) in [4.78, 5) is 0. The normalized spacial score (nSPS) is 30.3. The van der Waals surface area contributed by atoms with E-state index in [1.54, 1.807) is 0 Å². The third-order valence-corrected chi connectivity index (χ3v) is 5.57. The molecule has 2 unspecified atom stereocenters. The van der Waals surface area contributed by atoms with Crippen LogP contribution in [0.2, 0.25) is 25.2 Å². The van der Waals surface area contributed by atoms with Crippen LogP contribution in [-0.2, 0) is 14.3 Å². The first-order valence-corrected chi connectivity index (χ1v) is 9.48. The fourth-order valence-electron chi connectivity index (χ4n) is 1.41. The first kappa shape index (κ1) is 10.2. The molecule has 1 aliphatic carbocycles. The maximum absolute atomic E-state index is 10.7. The summed E-state index contributed by atoms with van der Waals surface area (Å²) >= 11 is 0. The van der Waals surface area contributed by atoms with Crippen LogP contribution in [0.1, 0.15) is 6.42 Å². The molecule has 0 radical (unpaired) electrons. The minimum Gasteiger partial charge on any atom is -0.267 e. The fraction of sp³-hybridized carbons (Fsp3) is 1.00. The summed E-state index contributed by atoms with van der Waals surface area (Å²) in [6.45, 7) is 6.72. The molecule has 2 atom stereocenters. The van der Waals surface area contributed by atoms with Crippen LogP contribution >= 0.6 is 0 Å². The molecule has 0 aromatic rings. The van der Waals surface area contributed by atoms with Crippen molar-refractivity contribution in [3.8, 4) is 0 Å². The maximum Gasteiger partial charge on any atom is 0.264 e. The average molecular weight is 208 g/mol. The van der Waals surface area contributed by atoms with Crippen molar-refractivity contribution < 1.29 is 12.6 Å². The Hall–Kier alpha value is 0.127. The molecule has 72 valence electrons. The van der Waals surface area contributed by atoms with E-state index in [1.807, 2.05) is 0 Å². The third-order valence-electron chi connectivity index (χ3n) is 2.14. The van der Waals surface area contributed by atoms with Crippen molar-refractivity contribution in [3.63, 3.8) is 0 Å². The SMILES string of the molecule is C[Si](C)(C)C1CC1OS(C)(=O)=O. The monoisotopic (exact) mass is 208 g/mol. The molecule has 1 fully saturated rings. The molecular weight excluding hydrogens is 192 g/mol. The van der Waals surface area contributed by atoms with Gasteiger partial charge in [0.15, 0.2) is 0 Å². The highest BCUT2D eigenvalue weighted by molar-refractivity contribution is 7.86. The molecule has 1 saturated carbocycles. The molecule has 0 heterocycles. The lowest BCUT2D eigenvalue weighted by Gasteiger charge is -2.14. The molecule has 0 N–H and O–H groups in total. The summed E-state index contributed by atoms with van der Waals surface area (Å²) in [6.07, 6.45) is 2.04. The molecule has 1 rings (SSSR count). The standard InChI is InChI=1S/C7H16O3SSi/c1-11(8,9)10-6-5-7(6)12(2,3)4/h6-7H,5H2,1-4H3. The van der Waals surface area contributed by atoms with E-state index in [4.69, 9.17) is 4.18 Å². The Labute approximate surface area is 75.3 Å². The van der Waals surface area contributed by atoms with Crippen LogP contribution in [0.3, 0.4) is 0 Å². The fourth-order valence-corrected chi connectivity index (χ4v) is 4.30. The summed E-state index contributed by atoms with van der Waals surface area (Å²) in [6, 6.07) is 0. The second-order valence-electron chi connectivity index (χ2n) is 4.55. The molecule has 1 aliphatic rings. The molecule has 0 saturated heterocycles. The minimum absolute atomic E-state index is 0.00772. The zero-order chi connectivity index (χ0) is 9.57. The Morgan fingerprint density at radius 2 is 1.83 bits per heavy atom. The average Bonchev–Trinajstić information content (AvgIpc) is 2.37. The van der Waals surface area contributed by atoms with Gasteiger partial charge in [0.05, 0.1) is 20.4 Å². The van der Waals surface area contributed by atoms with Crippen molar-refractivity contribution in [3.05, 3.63) is 0 Å². The van der Waals surface area contributed by atoms with E-state index in [9.17, 15) is 8.42 Å². The van der Waals surface area contributed by atoms with Crippen LogP contribution < -0.4 is 0 Å². The van der Waals surface area contributed by atoms with Gasteiger partial charge in [-0.05, 0) is 12.0 Å². The van der Waals surface area contributed by atoms with E-state index in [0.717, 1.165) is 12.7 Å². The summed E-state index contributed by atoms with van der Waals surface area (Å²) < 4.78 is 26.4. The van der Waals surface area contributed by atoms with Crippen molar-refractivity contribution >= 4 is 18.2 Å². The van der Waals surface area contributed by atoms with Crippen LogP contribution in [0.5, 0.6) is 0 Å². The van der Waals surface area contributed by atoms with Crippen LogP contribution in [0.25, 0.3) is 0 Å². The molecule has 3 nitrogen and oxygen atoms in total. The van der Waals surface area contributed by atoms with E-state index in [0.29, 0.717) is 5.54 Å². The first-order valence-electron chi connectivity index (χ1n) is 4.08. The van der Waals surface area contributed by atoms with Gasteiger partial charge in [-0.25, -0.2) is 0 Å². The lowest BCUT2D eigenvalue weighted by Crippen LogP contribution is -2.22. The van der Waals surface area contributed by atoms with Crippen LogP contribution in [-0.4, -0.2) is 28.9 Å². The topological polar surface area (TPSA) is 43.4 Å². The second kappa shape index (κ2) is 2.82. The number of hydrogen-bond acceptors (Lipinski definition) is 3. The van der Waals surface area contributed by atoms with Crippen LogP contribution in [0, 0.1) is 0 Å². The molecular formula is C7H16O3SSi. The van der Waals surface area contributed by atoms with Crippen molar-refractivity contribution in [2.45, 2.75) is 37.7 Å². The highest BCUT2D eigenvalue weighted by atomic mass is 32.2. The van der Waals surface area contributed by atoms with Gasteiger partial charge in [-0.2, -0.15) is 8.42 Å². The van der Waals surface area contributed by atoms with Gasteiger partial charge in [-0.3, -0.25) is 4.18 Å². The second-order valence-corrected chi connectivity index (χ2v) is 11.6. The summed E-state index contributed by atoms with van der Waals surface area (Å²) in [7, 11) is -4.41. The van der Waals surface area contributed by atoms with E-state index < -0.39 is 18.2 Å². The van der Waals surface area contributed by atoms with Gasteiger partial charge in [0.1, 0.15) is 0 Å². The number of hydrogen-bond donors (Lipinski definition) is 0. The molecule has 0 aromatic heterocycles. The first-order chi connectivity index (χ1) is 5.20. The number of rotatable bonds is 3. The predicted octanol–water partition coefficient (Wildman–Crippen LogP) is 1.44. The Balaban J connectivity index is 2.45. The Morgan fingerprint density at radius 1 is 1.33 bits per heavy atom. The molecule has 0 bridgehead atoms. The highest BCUT2D eigenvalue weighted by Crippen LogP contribution is 2.48. The van der Waals surface area contributed by atoms with Gasteiger partial charge < -0.3 is 0 Å². The quantitative estimate of drug-likeness (QED) is 0.521. The zero-order valence-corrected chi connectivity index (χ0v) is 9.81. The molecule has 5 heteroatoms. The third kappa shape index (κ3) is 2.88. The smallest absolute Gasteiger partial charge is 0.264 e. The van der Waals surface area contributed by atoms with Crippen molar-refractivity contribution in [1.29, 1.82) is 0 Å². The van der Waals surface area contributed by atoms with Gasteiger partial charge in [-0.1, -0.05) is 19.6 Å². The van der Waals surface area contributed by atoms with Gasteiger partial charge in [0.25, 0.3) is 10.1 Å². The lowest BCUT2D eigenvalue weighted by atomic mass is 10.9. The summed E-state index contributed by atoms with van der Waals surface area (Å²) in [5, 5.41) is 0. The molecule has 0 spiro atoms. The van der Waals surface area contributed by atoms with Crippen molar-refractivity contribution in [1.82, 2.24) is 0 Å². The van der Waals surface area contributed by atoms with E-state index >= 15 is 0 Å². The van der Waals surface area contributed by atoms with Gasteiger partial charge in [0.2, 0.25) is 0 Å². The predicted molar refractivity (Wildman–Crippen MR) is 51.4 cm³/mol. The summed E-state index contributed by atoms with van der Waals surface area (Å²) in [5.74, 6) is 0. The van der Waals surface area contributed by atoms with E-state index in [2.05, 4.69) is 19.6 Å². The van der Waals surface area contributed by atoms with Gasteiger partial charge in [0, 0.05) is 0 Å². The molecule has 12 heavy (non-hydrogen) atoms. The lowest BCUT2D eigenvalue weighted by molar-refractivity contribution is 0.308. The molecule has 0 amide bonds. The van der Waals surface area contributed by atoms with E-state index in [1.165, 1.54) is 0 Å². The minimum atomic E-state index is -3.23. The van der Waals surface area contributed by atoms with Crippen LogP contribution in [0.4, 0.5) is 0 Å². The van der Waals surface area contributed by atoms with Gasteiger partial charge in [-0.15, -0.1) is 0 Å². The Morgan fingerprint density at radius 3 is 2.08 bits per heavy atom.